The number of nitrogen functional groups attached to an aromatic ring is 1. The number of anilines is 1. The molecule has 0 aliphatic carbocycles. The maximum atomic E-state index is 12.4. The van der Waals surface area contributed by atoms with Crippen LogP contribution in [0.4, 0.5) is 19.0 Å². The van der Waals surface area contributed by atoms with Crippen molar-refractivity contribution in [1.29, 1.82) is 0 Å². The van der Waals surface area contributed by atoms with Crippen LogP contribution in [0.5, 0.6) is 0 Å². The predicted molar refractivity (Wildman–Crippen MR) is 58.4 cm³/mol. The van der Waals surface area contributed by atoms with E-state index in [0.29, 0.717) is 11.4 Å². The van der Waals surface area contributed by atoms with E-state index >= 15 is 0 Å². The first-order valence-electron chi connectivity index (χ1n) is 5.01. The third kappa shape index (κ3) is 2.59. The molecule has 0 unspecified atom stereocenters. The van der Waals surface area contributed by atoms with E-state index in [9.17, 15) is 13.2 Å². The molecule has 0 saturated heterocycles. The Bertz CT molecular complexity index is 534. The van der Waals surface area contributed by atoms with Gasteiger partial charge in [0.05, 0.1) is 18.3 Å². The van der Waals surface area contributed by atoms with Crippen molar-refractivity contribution >= 4 is 5.82 Å². The number of hydrogen-bond acceptors (Lipinski definition) is 4. The third-order valence-electron chi connectivity index (χ3n) is 2.32. The molecule has 0 spiro atoms. The normalized spacial score (nSPS) is 11.6. The number of nitrogens with two attached hydrogens (primary N) is 1. The van der Waals surface area contributed by atoms with Gasteiger partial charge >= 0.3 is 6.18 Å². The molecule has 0 saturated carbocycles. The van der Waals surface area contributed by atoms with E-state index in [0.717, 1.165) is 12.4 Å². The summed E-state index contributed by atoms with van der Waals surface area (Å²) in [6.45, 7) is 0.156. The smallest absolute Gasteiger partial charge is 0.308 e. The molecule has 0 fully saturated rings. The van der Waals surface area contributed by atoms with Gasteiger partial charge in [-0.2, -0.15) is 18.3 Å². The summed E-state index contributed by atoms with van der Waals surface area (Å²) in [6.07, 6.45) is -1.13. The van der Waals surface area contributed by atoms with E-state index in [1.165, 1.54) is 10.9 Å². The van der Waals surface area contributed by atoms with Crippen LogP contribution in [0.3, 0.4) is 0 Å². The Labute approximate surface area is 100 Å². The third-order valence-corrected chi connectivity index (χ3v) is 2.32. The summed E-state index contributed by atoms with van der Waals surface area (Å²) in [5.41, 5.74) is 2.24. The molecule has 2 rings (SSSR count). The van der Waals surface area contributed by atoms with E-state index < -0.39 is 11.7 Å². The fourth-order valence-corrected chi connectivity index (χ4v) is 1.47. The van der Waals surface area contributed by atoms with Crippen LogP contribution in [0.25, 0.3) is 0 Å². The van der Waals surface area contributed by atoms with Crippen LogP contribution in [-0.4, -0.2) is 14.8 Å². The lowest BCUT2D eigenvalue weighted by molar-refractivity contribution is -0.137. The lowest BCUT2D eigenvalue weighted by Gasteiger charge is -2.07. The van der Waals surface area contributed by atoms with Crippen molar-refractivity contribution in [2.24, 2.45) is 5.84 Å². The molecule has 3 N–H and O–H groups in total. The second-order valence-corrected chi connectivity index (χ2v) is 3.58. The maximum Gasteiger partial charge on any atom is 0.419 e. The van der Waals surface area contributed by atoms with Crippen LogP contribution < -0.4 is 11.3 Å². The van der Waals surface area contributed by atoms with Gasteiger partial charge in [-0.05, 0) is 6.07 Å². The van der Waals surface area contributed by atoms with Crippen molar-refractivity contribution in [3.63, 3.8) is 0 Å². The summed E-state index contributed by atoms with van der Waals surface area (Å²) in [6, 6.07) is 3.38. The molecule has 0 aromatic carbocycles. The first-order valence-corrected chi connectivity index (χ1v) is 5.01. The Morgan fingerprint density at radius 2 is 2.17 bits per heavy atom. The Balaban J connectivity index is 2.22. The van der Waals surface area contributed by atoms with Crippen LogP contribution in [0.2, 0.25) is 0 Å². The molecule has 2 aromatic rings. The fraction of sp³-hybridized carbons (Fsp3) is 0.200. The van der Waals surface area contributed by atoms with Gasteiger partial charge in [0.1, 0.15) is 5.82 Å². The zero-order valence-electron chi connectivity index (χ0n) is 9.15. The van der Waals surface area contributed by atoms with Crippen molar-refractivity contribution in [1.82, 2.24) is 14.8 Å². The first-order chi connectivity index (χ1) is 8.50. The van der Waals surface area contributed by atoms with Crippen LogP contribution in [0.15, 0.2) is 30.7 Å². The largest absolute Gasteiger partial charge is 0.419 e. The van der Waals surface area contributed by atoms with Crippen molar-refractivity contribution in [3.05, 3.63) is 41.9 Å². The molecule has 0 aliphatic rings. The van der Waals surface area contributed by atoms with Crippen LogP contribution >= 0.6 is 0 Å². The minimum absolute atomic E-state index is 0.156. The van der Waals surface area contributed by atoms with Crippen LogP contribution in [0, 0.1) is 0 Å². The summed E-state index contributed by atoms with van der Waals surface area (Å²) in [7, 11) is 0. The topological polar surface area (TPSA) is 68.8 Å². The second kappa shape index (κ2) is 4.65. The van der Waals surface area contributed by atoms with Gasteiger partial charge in [0.15, 0.2) is 0 Å². The molecule has 96 valence electrons. The van der Waals surface area contributed by atoms with Gasteiger partial charge in [0, 0.05) is 18.0 Å². The summed E-state index contributed by atoms with van der Waals surface area (Å²) in [5.74, 6) is 5.66. The Kier molecular flexibility index (Phi) is 3.19. The molecule has 8 heteroatoms. The molecule has 0 aliphatic heterocycles. The monoisotopic (exact) mass is 257 g/mol. The highest BCUT2D eigenvalue weighted by atomic mass is 19.4. The maximum absolute atomic E-state index is 12.4. The Hall–Kier alpha value is -2.09. The van der Waals surface area contributed by atoms with Crippen LogP contribution in [0.1, 0.15) is 11.1 Å². The lowest BCUT2D eigenvalue weighted by Crippen LogP contribution is -2.12. The summed E-state index contributed by atoms with van der Waals surface area (Å²) < 4.78 is 38.3. The van der Waals surface area contributed by atoms with Gasteiger partial charge in [-0.1, -0.05) is 6.07 Å². The van der Waals surface area contributed by atoms with Crippen LogP contribution in [-0.2, 0) is 12.7 Å². The average molecular weight is 257 g/mol. The molecule has 2 aromatic heterocycles. The Morgan fingerprint density at radius 1 is 1.39 bits per heavy atom. The van der Waals surface area contributed by atoms with Crippen molar-refractivity contribution in [2.75, 3.05) is 5.43 Å². The standard InChI is InChI=1S/C10H10F3N5/c11-10(12,13)8-4-16-18(6-8)5-7-2-1-3-15-9(7)17-14/h1-4,6H,5,14H2,(H,15,17). The van der Waals surface area contributed by atoms with Gasteiger partial charge in [-0.25, -0.2) is 10.8 Å². The molecular weight excluding hydrogens is 247 g/mol. The molecule has 2 heterocycles. The van der Waals surface area contributed by atoms with E-state index in [4.69, 9.17) is 5.84 Å². The minimum atomic E-state index is -4.39. The number of alkyl halides is 3. The summed E-state index contributed by atoms with van der Waals surface area (Å²) in [5, 5.41) is 3.65. The van der Waals surface area contributed by atoms with Gasteiger partial charge in [-0.15, -0.1) is 0 Å². The van der Waals surface area contributed by atoms with E-state index in [1.807, 2.05) is 0 Å². The highest BCUT2D eigenvalue weighted by Crippen LogP contribution is 2.28. The molecule has 0 amide bonds. The number of hydrazine groups is 1. The zero-order valence-corrected chi connectivity index (χ0v) is 9.15. The number of aromatic nitrogens is 3. The van der Waals surface area contributed by atoms with Gasteiger partial charge in [0.2, 0.25) is 0 Å². The quantitative estimate of drug-likeness (QED) is 0.647. The first kappa shape index (κ1) is 12.4. The molecule has 0 radical (unpaired) electrons. The molecule has 0 bridgehead atoms. The number of nitrogens with one attached hydrogen (secondary N) is 1. The highest BCUT2D eigenvalue weighted by molar-refractivity contribution is 5.42. The van der Waals surface area contributed by atoms with Gasteiger partial charge in [-0.3, -0.25) is 4.68 Å². The Morgan fingerprint density at radius 3 is 2.78 bits per heavy atom. The fourth-order valence-electron chi connectivity index (χ4n) is 1.47. The molecule has 0 atom stereocenters. The second-order valence-electron chi connectivity index (χ2n) is 3.58. The molecule has 18 heavy (non-hydrogen) atoms. The zero-order chi connectivity index (χ0) is 13.2. The van der Waals surface area contributed by atoms with Crippen molar-refractivity contribution in [3.8, 4) is 0 Å². The minimum Gasteiger partial charge on any atom is -0.308 e. The van der Waals surface area contributed by atoms with Gasteiger partial charge in [0.25, 0.3) is 0 Å². The SMILES string of the molecule is NNc1ncccc1Cn1cc(C(F)(F)F)cn1. The van der Waals surface area contributed by atoms with Crippen molar-refractivity contribution < 1.29 is 13.2 Å². The summed E-state index contributed by atoms with van der Waals surface area (Å²) >= 11 is 0. The lowest BCUT2D eigenvalue weighted by atomic mass is 10.2. The van der Waals surface area contributed by atoms with Gasteiger partial charge < -0.3 is 5.43 Å². The number of hydrogen-bond donors (Lipinski definition) is 2. The van der Waals surface area contributed by atoms with E-state index in [2.05, 4.69) is 15.5 Å². The van der Waals surface area contributed by atoms with E-state index in [1.54, 1.807) is 12.1 Å². The predicted octanol–water partition coefficient (Wildman–Crippen LogP) is 1.63. The summed E-state index contributed by atoms with van der Waals surface area (Å²) in [4.78, 5) is 3.95. The van der Waals surface area contributed by atoms with E-state index in [-0.39, 0.29) is 6.54 Å². The number of rotatable bonds is 3. The molecule has 5 nitrogen and oxygen atoms in total. The number of pyridine rings is 1. The van der Waals surface area contributed by atoms with Crippen molar-refractivity contribution in [2.45, 2.75) is 12.7 Å². The molecular formula is C10H10F3N5. The highest BCUT2D eigenvalue weighted by Gasteiger charge is 2.32. The number of halogens is 3. The number of nitrogens with zero attached hydrogens (tertiary/aromatic N) is 3. The average Bonchev–Trinajstić information content (AvgIpc) is 2.78.